The quantitative estimate of drug-likeness (QED) is 0.532. The summed E-state index contributed by atoms with van der Waals surface area (Å²) < 4.78 is 5.78. The number of hydrogen-bond acceptors (Lipinski definition) is 6. The lowest BCUT2D eigenvalue weighted by Gasteiger charge is -2.16. The van der Waals surface area contributed by atoms with Crippen LogP contribution in [0.25, 0.3) is 21.7 Å². The summed E-state index contributed by atoms with van der Waals surface area (Å²) in [7, 11) is 0. The van der Waals surface area contributed by atoms with Crippen LogP contribution in [-0.2, 0) is 13.2 Å². The van der Waals surface area contributed by atoms with Gasteiger partial charge in [-0.2, -0.15) is 0 Å². The second-order valence-corrected chi connectivity index (χ2v) is 8.29. The topological polar surface area (TPSA) is 64.1 Å². The Balaban J connectivity index is 1.30. The van der Waals surface area contributed by atoms with Gasteiger partial charge in [-0.3, -0.25) is 9.78 Å². The van der Waals surface area contributed by atoms with Crippen LogP contribution in [0.4, 0.5) is 0 Å². The molecule has 0 atom stereocenters. The number of hydrogen-bond donors (Lipinski definition) is 1. The minimum absolute atomic E-state index is 0.0856. The molecule has 1 N–H and O–H groups in total. The summed E-state index contributed by atoms with van der Waals surface area (Å²) in [5, 5.41) is 5.84. The average molecular weight is 406 g/mol. The van der Waals surface area contributed by atoms with Gasteiger partial charge in [0.1, 0.15) is 17.4 Å². The molecule has 1 aliphatic heterocycles. The maximum atomic E-state index is 12.7. The number of nitrogens with one attached hydrogen (secondary N) is 1. The van der Waals surface area contributed by atoms with Gasteiger partial charge in [-0.25, -0.2) is 4.98 Å². The lowest BCUT2D eigenvalue weighted by Crippen LogP contribution is -2.21. The molecule has 0 unspecified atom stereocenters. The first kappa shape index (κ1) is 17.1. The van der Waals surface area contributed by atoms with Gasteiger partial charge in [0, 0.05) is 39.3 Å². The fraction of sp³-hybridized carbons (Fsp3) is 0.0952. The molecule has 4 heterocycles. The highest BCUT2D eigenvalue weighted by molar-refractivity contribution is 7.17. The molecule has 0 bridgehead atoms. The van der Waals surface area contributed by atoms with Crippen molar-refractivity contribution in [1.29, 1.82) is 0 Å². The molecule has 5 rings (SSSR count). The minimum atomic E-state index is -0.0856. The van der Waals surface area contributed by atoms with Crippen molar-refractivity contribution in [2.24, 2.45) is 0 Å². The van der Waals surface area contributed by atoms with E-state index in [1.165, 1.54) is 22.7 Å². The van der Waals surface area contributed by atoms with Crippen LogP contribution < -0.4 is 10.1 Å². The molecule has 138 valence electrons. The molecule has 0 radical (unpaired) electrons. The molecule has 1 aromatic carbocycles. The highest BCUT2D eigenvalue weighted by atomic mass is 32.1. The van der Waals surface area contributed by atoms with E-state index in [1.807, 2.05) is 47.8 Å². The van der Waals surface area contributed by atoms with Crippen LogP contribution in [0.5, 0.6) is 5.75 Å². The number of benzene rings is 1. The van der Waals surface area contributed by atoms with Crippen molar-refractivity contribution in [3.05, 3.63) is 75.7 Å². The molecular formula is C21H15N3O2S2. The molecule has 1 amide bonds. The maximum Gasteiger partial charge on any atom is 0.261 e. The van der Waals surface area contributed by atoms with Crippen LogP contribution in [0.1, 0.15) is 20.2 Å². The van der Waals surface area contributed by atoms with Crippen molar-refractivity contribution in [1.82, 2.24) is 15.3 Å². The van der Waals surface area contributed by atoms with E-state index in [-0.39, 0.29) is 5.91 Å². The highest BCUT2D eigenvalue weighted by Crippen LogP contribution is 2.42. The first-order valence-corrected chi connectivity index (χ1v) is 10.5. The normalized spacial score (nSPS) is 12.0. The van der Waals surface area contributed by atoms with Gasteiger partial charge in [-0.05, 0) is 30.3 Å². The lowest BCUT2D eigenvalue weighted by atomic mass is 10.1. The zero-order valence-electron chi connectivity index (χ0n) is 14.7. The molecule has 5 nitrogen and oxygen atoms in total. The minimum Gasteiger partial charge on any atom is -0.488 e. The van der Waals surface area contributed by atoms with Crippen LogP contribution in [0.3, 0.4) is 0 Å². The number of thiazole rings is 1. The first-order chi connectivity index (χ1) is 13.8. The summed E-state index contributed by atoms with van der Waals surface area (Å²) >= 11 is 3.04. The Kier molecular flexibility index (Phi) is 4.38. The third kappa shape index (κ3) is 3.19. The van der Waals surface area contributed by atoms with Crippen molar-refractivity contribution in [3.8, 4) is 27.4 Å². The van der Waals surface area contributed by atoms with Crippen LogP contribution >= 0.6 is 22.7 Å². The number of fused-ring (bicyclic) bond motifs is 3. The number of para-hydroxylation sites is 1. The number of carbonyl (C=O) groups is 1. The van der Waals surface area contributed by atoms with Crippen molar-refractivity contribution >= 4 is 28.6 Å². The third-order valence-corrected chi connectivity index (χ3v) is 6.53. The van der Waals surface area contributed by atoms with Gasteiger partial charge in [0.25, 0.3) is 5.91 Å². The Morgan fingerprint density at radius 3 is 2.93 bits per heavy atom. The van der Waals surface area contributed by atoms with E-state index < -0.39 is 0 Å². The van der Waals surface area contributed by atoms with E-state index in [9.17, 15) is 4.79 Å². The number of rotatable bonds is 4. The molecular weight excluding hydrogens is 390 g/mol. The van der Waals surface area contributed by atoms with E-state index in [2.05, 4.69) is 15.3 Å². The van der Waals surface area contributed by atoms with Crippen LogP contribution in [0, 0.1) is 0 Å². The number of carbonyl (C=O) groups excluding carboxylic acids is 1. The van der Waals surface area contributed by atoms with Gasteiger partial charge in [-0.15, -0.1) is 22.7 Å². The van der Waals surface area contributed by atoms with Crippen LogP contribution in [0.2, 0.25) is 0 Å². The number of ether oxygens (including phenoxy) is 1. The standard InChI is InChI=1S/C21H15N3O2S2/c25-21(23-10-19-24-16(12-27-19)13-5-7-22-8-6-13)18-9-14-11-26-17-4-2-1-3-15(17)20(14)28-18/h1-9,12H,10-11H2,(H,23,25). The smallest absolute Gasteiger partial charge is 0.261 e. The second kappa shape index (κ2) is 7.18. The van der Waals surface area contributed by atoms with E-state index in [0.29, 0.717) is 18.0 Å². The Morgan fingerprint density at radius 2 is 2.04 bits per heavy atom. The van der Waals surface area contributed by atoms with Gasteiger partial charge in [0.15, 0.2) is 0 Å². The van der Waals surface area contributed by atoms with Crippen molar-refractivity contribution in [3.63, 3.8) is 0 Å². The predicted octanol–water partition coefficient (Wildman–Crippen LogP) is 4.76. The number of nitrogens with zero attached hydrogens (tertiary/aromatic N) is 2. The summed E-state index contributed by atoms with van der Waals surface area (Å²) in [5.41, 5.74) is 4.03. The number of pyridine rings is 1. The molecule has 28 heavy (non-hydrogen) atoms. The van der Waals surface area contributed by atoms with Crippen molar-refractivity contribution in [2.75, 3.05) is 0 Å². The van der Waals surface area contributed by atoms with Crippen LogP contribution in [0.15, 0.2) is 60.2 Å². The van der Waals surface area contributed by atoms with Crippen LogP contribution in [-0.4, -0.2) is 15.9 Å². The Labute approximate surface area is 169 Å². The molecule has 3 aromatic heterocycles. The maximum absolute atomic E-state index is 12.7. The second-order valence-electron chi connectivity index (χ2n) is 6.29. The summed E-state index contributed by atoms with van der Waals surface area (Å²) in [6.07, 6.45) is 3.49. The number of thiophene rings is 1. The van der Waals surface area contributed by atoms with E-state index in [0.717, 1.165) is 38.0 Å². The Bertz CT molecular complexity index is 1150. The molecule has 0 aliphatic carbocycles. The van der Waals surface area contributed by atoms with E-state index in [4.69, 9.17) is 4.74 Å². The molecule has 0 saturated heterocycles. The lowest BCUT2D eigenvalue weighted by molar-refractivity contribution is 0.0955. The molecule has 0 fully saturated rings. The average Bonchev–Trinajstić information content (AvgIpc) is 3.40. The van der Waals surface area contributed by atoms with Crippen molar-refractivity contribution in [2.45, 2.75) is 13.2 Å². The fourth-order valence-electron chi connectivity index (χ4n) is 3.10. The molecule has 0 saturated carbocycles. The Hall–Kier alpha value is -3.03. The van der Waals surface area contributed by atoms with E-state index >= 15 is 0 Å². The molecule has 1 aliphatic rings. The monoisotopic (exact) mass is 405 g/mol. The van der Waals surface area contributed by atoms with Gasteiger partial charge >= 0.3 is 0 Å². The molecule has 7 heteroatoms. The molecule has 0 spiro atoms. The fourth-order valence-corrected chi connectivity index (χ4v) is 4.96. The Morgan fingerprint density at radius 1 is 1.18 bits per heavy atom. The third-order valence-electron chi connectivity index (χ3n) is 4.48. The SMILES string of the molecule is O=C(NCc1nc(-c2ccncc2)cs1)c1cc2c(s1)-c1ccccc1OC2. The van der Waals surface area contributed by atoms with Crippen molar-refractivity contribution < 1.29 is 9.53 Å². The zero-order chi connectivity index (χ0) is 18.9. The largest absolute Gasteiger partial charge is 0.488 e. The summed E-state index contributed by atoms with van der Waals surface area (Å²) in [5.74, 6) is 0.785. The first-order valence-electron chi connectivity index (χ1n) is 8.76. The van der Waals surface area contributed by atoms with Gasteiger partial charge in [0.2, 0.25) is 0 Å². The summed E-state index contributed by atoms with van der Waals surface area (Å²) in [6, 6.07) is 13.7. The number of amides is 1. The van der Waals surface area contributed by atoms with Gasteiger partial charge < -0.3 is 10.1 Å². The van der Waals surface area contributed by atoms with E-state index in [1.54, 1.807) is 12.4 Å². The predicted molar refractivity (Wildman–Crippen MR) is 111 cm³/mol. The van der Waals surface area contributed by atoms with Gasteiger partial charge in [0.05, 0.1) is 17.1 Å². The summed E-state index contributed by atoms with van der Waals surface area (Å²) in [4.78, 5) is 23.1. The number of aromatic nitrogens is 2. The molecule has 4 aromatic rings. The zero-order valence-corrected chi connectivity index (χ0v) is 16.3. The summed E-state index contributed by atoms with van der Waals surface area (Å²) in [6.45, 7) is 0.905. The highest BCUT2D eigenvalue weighted by Gasteiger charge is 2.22. The van der Waals surface area contributed by atoms with Gasteiger partial charge in [-0.1, -0.05) is 12.1 Å².